The Kier molecular flexibility index (Phi) is 3.06. The Morgan fingerprint density at radius 1 is 1.43 bits per heavy atom. The molecule has 0 saturated heterocycles. The van der Waals surface area contributed by atoms with Crippen molar-refractivity contribution in [1.29, 1.82) is 0 Å². The molecule has 0 aliphatic rings. The summed E-state index contributed by atoms with van der Waals surface area (Å²) >= 11 is 0. The van der Waals surface area contributed by atoms with Gasteiger partial charge in [-0.05, 0) is 18.2 Å². The summed E-state index contributed by atoms with van der Waals surface area (Å²) in [5.41, 5.74) is 0.0225. The van der Waals surface area contributed by atoms with Crippen LogP contribution in [0.3, 0.4) is 0 Å². The zero-order valence-corrected chi connectivity index (χ0v) is 8.37. The standard InChI is InChI=1S/C10H12FNO2/c1-12(2)10(13)8-6-7(14-3)4-5-9(8)11/h4-6H,1-3H3. The number of nitrogens with zero attached hydrogens (tertiary/aromatic N) is 1. The van der Waals surface area contributed by atoms with Crippen LogP contribution in [0.4, 0.5) is 4.39 Å². The topological polar surface area (TPSA) is 29.5 Å². The molecule has 14 heavy (non-hydrogen) atoms. The molecule has 4 heteroatoms. The molecule has 0 fully saturated rings. The summed E-state index contributed by atoms with van der Waals surface area (Å²) in [6.07, 6.45) is 0. The second-order valence-corrected chi connectivity index (χ2v) is 3.05. The van der Waals surface area contributed by atoms with E-state index in [2.05, 4.69) is 0 Å². The lowest BCUT2D eigenvalue weighted by molar-refractivity contribution is 0.0822. The molecule has 0 aromatic heterocycles. The molecule has 1 amide bonds. The number of halogens is 1. The maximum absolute atomic E-state index is 13.2. The molecule has 0 atom stereocenters. The van der Waals surface area contributed by atoms with Crippen LogP contribution in [0.25, 0.3) is 0 Å². The van der Waals surface area contributed by atoms with Crippen LogP contribution in [0.5, 0.6) is 5.75 Å². The molecule has 1 rings (SSSR count). The molecule has 0 heterocycles. The zero-order chi connectivity index (χ0) is 10.7. The summed E-state index contributed by atoms with van der Waals surface area (Å²) in [6.45, 7) is 0. The van der Waals surface area contributed by atoms with Crippen LogP contribution < -0.4 is 4.74 Å². The normalized spacial score (nSPS) is 9.71. The van der Waals surface area contributed by atoms with Gasteiger partial charge in [0.2, 0.25) is 0 Å². The van der Waals surface area contributed by atoms with E-state index in [4.69, 9.17) is 4.74 Å². The molecular weight excluding hydrogens is 185 g/mol. The van der Waals surface area contributed by atoms with E-state index < -0.39 is 5.82 Å². The van der Waals surface area contributed by atoms with Crippen LogP contribution in [0.15, 0.2) is 18.2 Å². The van der Waals surface area contributed by atoms with Crippen LogP contribution in [0.1, 0.15) is 10.4 Å². The Morgan fingerprint density at radius 2 is 2.07 bits per heavy atom. The van der Waals surface area contributed by atoms with Gasteiger partial charge in [-0.3, -0.25) is 4.79 Å². The minimum absolute atomic E-state index is 0.0225. The number of hydrogen-bond donors (Lipinski definition) is 0. The number of benzene rings is 1. The fraction of sp³-hybridized carbons (Fsp3) is 0.300. The van der Waals surface area contributed by atoms with E-state index in [1.165, 1.54) is 30.2 Å². The quantitative estimate of drug-likeness (QED) is 0.719. The lowest BCUT2D eigenvalue weighted by Gasteiger charge is -2.11. The number of carbonyl (C=O) groups is 1. The van der Waals surface area contributed by atoms with Crippen molar-refractivity contribution in [1.82, 2.24) is 4.90 Å². The van der Waals surface area contributed by atoms with Gasteiger partial charge in [0.15, 0.2) is 0 Å². The van der Waals surface area contributed by atoms with Crippen molar-refractivity contribution in [2.45, 2.75) is 0 Å². The van der Waals surface area contributed by atoms with Gasteiger partial charge in [0.1, 0.15) is 11.6 Å². The molecule has 0 aliphatic carbocycles. The first kappa shape index (κ1) is 10.5. The molecule has 0 bridgehead atoms. The summed E-state index contributed by atoms with van der Waals surface area (Å²) < 4.78 is 18.1. The van der Waals surface area contributed by atoms with Crippen LogP contribution >= 0.6 is 0 Å². The largest absolute Gasteiger partial charge is 0.497 e. The van der Waals surface area contributed by atoms with Crippen molar-refractivity contribution in [2.24, 2.45) is 0 Å². The predicted octanol–water partition coefficient (Wildman–Crippen LogP) is 1.54. The Balaban J connectivity index is 3.12. The number of carbonyl (C=O) groups excluding carboxylic acids is 1. The molecule has 3 nitrogen and oxygen atoms in total. The maximum Gasteiger partial charge on any atom is 0.256 e. The molecule has 1 aromatic carbocycles. The second kappa shape index (κ2) is 4.09. The van der Waals surface area contributed by atoms with Crippen LogP contribution in [0, 0.1) is 5.82 Å². The van der Waals surface area contributed by atoms with Gasteiger partial charge >= 0.3 is 0 Å². The van der Waals surface area contributed by atoms with E-state index in [0.717, 1.165) is 0 Å². The van der Waals surface area contributed by atoms with Gasteiger partial charge in [0.25, 0.3) is 5.91 Å². The van der Waals surface area contributed by atoms with E-state index >= 15 is 0 Å². The van der Waals surface area contributed by atoms with Crippen molar-refractivity contribution in [3.63, 3.8) is 0 Å². The third kappa shape index (κ3) is 2.02. The minimum Gasteiger partial charge on any atom is -0.497 e. The van der Waals surface area contributed by atoms with Gasteiger partial charge in [-0.25, -0.2) is 4.39 Å². The number of amides is 1. The van der Waals surface area contributed by atoms with Crippen molar-refractivity contribution in [3.05, 3.63) is 29.6 Å². The Bertz CT molecular complexity index is 350. The molecule has 0 aliphatic heterocycles. The molecule has 0 saturated carbocycles. The van der Waals surface area contributed by atoms with Gasteiger partial charge in [0, 0.05) is 14.1 Å². The van der Waals surface area contributed by atoms with Gasteiger partial charge in [-0.1, -0.05) is 0 Å². The summed E-state index contributed by atoms with van der Waals surface area (Å²) in [6, 6.07) is 4.08. The molecule has 0 unspecified atom stereocenters. The lowest BCUT2D eigenvalue weighted by atomic mass is 10.2. The average molecular weight is 197 g/mol. The maximum atomic E-state index is 13.2. The first-order chi connectivity index (χ1) is 6.56. The SMILES string of the molecule is COc1ccc(F)c(C(=O)N(C)C)c1. The first-order valence-electron chi connectivity index (χ1n) is 4.11. The Morgan fingerprint density at radius 3 is 2.57 bits per heavy atom. The summed E-state index contributed by atoms with van der Waals surface area (Å²) in [5.74, 6) is -0.442. The lowest BCUT2D eigenvalue weighted by Crippen LogP contribution is -2.22. The Hall–Kier alpha value is -1.58. The van der Waals surface area contributed by atoms with E-state index in [1.54, 1.807) is 14.1 Å². The number of ether oxygens (including phenoxy) is 1. The second-order valence-electron chi connectivity index (χ2n) is 3.05. The van der Waals surface area contributed by atoms with Gasteiger partial charge in [-0.2, -0.15) is 0 Å². The zero-order valence-electron chi connectivity index (χ0n) is 8.37. The van der Waals surface area contributed by atoms with E-state index in [9.17, 15) is 9.18 Å². The highest BCUT2D eigenvalue weighted by atomic mass is 19.1. The minimum atomic E-state index is -0.537. The van der Waals surface area contributed by atoms with Gasteiger partial charge in [0.05, 0.1) is 12.7 Å². The third-order valence-electron chi connectivity index (χ3n) is 1.81. The third-order valence-corrected chi connectivity index (χ3v) is 1.81. The highest BCUT2D eigenvalue weighted by molar-refractivity contribution is 5.94. The molecule has 76 valence electrons. The summed E-state index contributed by atoms with van der Waals surface area (Å²) in [4.78, 5) is 12.8. The Labute approximate surface area is 82.1 Å². The van der Waals surface area contributed by atoms with Crippen molar-refractivity contribution in [3.8, 4) is 5.75 Å². The van der Waals surface area contributed by atoms with Gasteiger partial charge in [-0.15, -0.1) is 0 Å². The fourth-order valence-corrected chi connectivity index (χ4v) is 1.04. The smallest absolute Gasteiger partial charge is 0.256 e. The predicted molar refractivity (Wildman–Crippen MR) is 51.0 cm³/mol. The van der Waals surface area contributed by atoms with Crippen LogP contribution in [0.2, 0.25) is 0 Å². The van der Waals surface area contributed by atoms with Gasteiger partial charge < -0.3 is 9.64 Å². The van der Waals surface area contributed by atoms with Crippen LogP contribution in [-0.2, 0) is 0 Å². The number of hydrogen-bond acceptors (Lipinski definition) is 2. The van der Waals surface area contributed by atoms with Crippen molar-refractivity contribution >= 4 is 5.91 Å². The van der Waals surface area contributed by atoms with E-state index in [1.807, 2.05) is 0 Å². The highest BCUT2D eigenvalue weighted by Gasteiger charge is 2.14. The summed E-state index contributed by atoms with van der Waals surface area (Å²) in [7, 11) is 4.61. The first-order valence-corrected chi connectivity index (χ1v) is 4.11. The molecule has 0 radical (unpaired) electrons. The monoisotopic (exact) mass is 197 g/mol. The molecule has 0 N–H and O–H groups in total. The highest BCUT2D eigenvalue weighted by Crippen LogP contribution is 2.17. The average Bonchev–Trinajstić information content (AvgIpc) is 2.17. The van der Waals surface area contributed by atoms with E-state index in [-0.39, 0.29) is 11.5 Å². The molecule has 1 aromatic rings. The number of methoxy groups -OCH3 is 1. The fourth-order valence-electron chi connectivity index (χ4n) is 1.04. The molecule has 0 spiro atoms. The van der Waals surface area contributed by atoms with Crippen LogP contribution in [-0.4, -0.2) is 32.0 Å². The van der Waals surface area contributed by atoms with Crippen molar-refractivity contribution in [2.75, 3.05) is 21.2 Å². The summed E-state index contributed by atoms with van der Waals surface area (Å²) in [5, 5.41) is 0. The molecular formula is C10H12FNO2. The van der Waals surface area contributed by atoms with Crippen molar-refractivity contribution < 1.29 is 13.9 Å². The number of rotatable bonds is 2. The van der Waals surface area contributed by atoms with E-state index in [0.29, 0.717) is 5.75 Å².